The number of thioether (sulfide) groups is 1. The zero-order chi connectivity index (χ0) is 18.0. The van der Waals surface area contributed by atoms with Gasteiger partial charge < -0.3 is 15.7 Å². The van der Waals surface area contributed by atoms with Gasteiger partial charge in [0, 0.05) is 16.3 Å². The molecule has 1 fully saturated rings. The molecule has 1 atom stereocenters. The summed E-state index contributed by atoms with van der Waals surface area (Å²) in [6, 6.07) is 5.23. The first-order valence-electron chi connectivity index (χ1n) is 8.17. The SMILES string of the molecule is O=C(O)CC1(NC(=O)CC2Sc3ccc(Cl)cc3NC2=O)CCCC1. The van der Waals surface area contributed by atoms with Crippen molar-refractivity contribution in [2.75, 3.05) is 5.32 Å². The summed E-state index contributed by atoms with van der Waals surface area (Å²) in [7, 11) is 0. The molecule has 134 valence electrons. The van der Waals surface area contributed by atoms with Crippen LogP contribution in [0.4, 0.5) is 5.69 Å². The first-order valence-corrected chi connectivity index (χ1v) is 9.43. The number of benzene rings is 1. The maximum Gasteiger partial charge on any atom is 0.305 e. The molecule has 0 bridgehead atoms. The van der Waals surface area contributed by atoms with Gasteiger partial charge in [-0.2, -0.15) is 0 Å². The van der Waals surface area contributed by atoms with Gasteiger partial charge in [-0.3, -0.25) is 14.4 Å². The zero-order valence-electron chi connectivity index (χ0n) is 13.5. The van der Waals surface area contributed by atoms with Gasteiger partial charge >= 0.3 is 5.97 Å². The third-order valence-corrected chi connectivity index (χ3v) is 6.10. The molecule has 0 spiro atoms. The van der Waals surface area contributed by atoms with Gasteiger partial charge in [0.2, 0.25) is 11.8 Å². The summed E-state index contributed by atoms with van der Waals surface area (Å²) in [6.45, 7) is 0. The largest absolute Gasteiger partial charge is 0.481 e. The van der Waals surface area contributed by atoms with Crippen LogP contribution < -0.4 is 10.6 Å². The van der Waals surface area contributed by atoms with Gasteiger partial charge in [0.25, 0.3) is 0 Å². The minimum absolute atomic E-state index is 0.0138. The summed E-state index contributed by atoms with van der Waals surface area (Å²) in [5, 5.41) is 14.8. The lowest BCUT2D eigenvalue weighted by Gasteiger charge is -2.30. The first-order chi connectivity index (χ1) is 11.9. The zero-order valence-corrected chi connectivity index (χ0v) is 15.1. The van der Waals surface area contributed by atoms with Crippen LogP contribution in [0.15, 0.2) is 23.1 Å². The van der Waals surface area contributed by atoms with Crippen molar-refractivity contribution in [2.45, 2.75) is 54.2 Å². The number of carbonyl (C=O) groups excluding carboxylic acids is 2. The van der Waals surface area contributed by atoms with E-state index in [4.69, 9.17) is 16.7 Å². The summed E-state index contributed by atoms with van der Waals surface area (Å²) in [5.74, 6) is -1.44. The maximum absolute atomic E-state index is 12.4. The van der Waals surface area contributed by atoms with E-state index in [1.165, 1.54) is 11.8 Å². The lowest BCUT2D eigenvalue weighted by atomic mass is 9.93. The van der Waals surface area contributed by atoms with Crippen molar-refractivity contribution in [1.82, 2.24) is 5.32 Å². The molecule has 1 aromatic carbocycles. The number of carboxylic acids is 1. The molecule has 1 heterocycles. The van der Waals surface area contributed by atoms with Gasteiger partial charge in [0.05, 0.1) is 22.9 Å². The fourth-order valence-electron chi connectivity index (χ4n) is 3.46. The molecule has 1 aliphatic carbocycles. The Morgan fingerprint density at radius 1 is 1.36 bits per heavy atom. The highest BCUT2D eigenvalue weighted by Crippen LogP contribution is 2.39. The number of halogens is 1. The summed E-state index contributed by atoms with van der Waals surface area (Å²) < 4.78 is 0. The van der Waals surface area contributed by atoms with Crippen LogP contribution in [0.3, 0.4) is 0 Å². The van der Waals surface area contributed by atoms with Crippen molar-refractivity contribution < 1.29 is 19.5 Å². The molecule has 0 saturated heterocycles. The van der Waals surface area contributed by atoms with Crippen LogP contribution in [0.1, 0.15) is 38.5 Å². The Morgan fingerprint density at radius 3 is 2.76 bits per heavy atom. The van der Waals surface area contributed by atoms with E-state index in [-0.39, 0.29) is 24.7 Å². The van der Waals surface area contributed by atoms with Crippen LogP contribution in [0, 0.1) is 0 Å². The Labute approximate surface area is 154 Å². The highest BCUT2D eigenvalue weighted by molar-refractivity contribution is 8.01. The lowest BCUT2D eigenvalue weighted by molar-refractivity contribution is -0.139. The van der Waals surface area contributed by atoms with Crippen molar-refractivity contribution in [1.29, 1.82) is 0 Å². The molecule has 2 amide bonds. The fourth-order valence-corrected chi connectivity index (χ4v) is 4.72. The molecular weight excluding hydrogens is 364 g/mol. The topological polar surface area (TPSA) is 95.5 Å². The van der Waals surface area contributed by atoms with Crippen molar-refractivity contribution in [3.63, 3.8) is 0 Å². The highest BCUT2D eigenvalue weighted by Gasteiger charge is 2.38. The lowest BCUT2D eigenvalue weighted by Crippen LogP contribution is -2.49. The van der Waals surface area contributed by atoms with Crippen LogP contribution in [0.2, 0.25) is 5.02 Å². The molecule has 2 aliphatic rings. The van der Waals surface area contributed by atoms with Gasteiger partial charge in [0.15, 0.2) is 0 Å². The molecular formula is C17H19ClN2O4S. The highest BCUT2D eigenvalue weighted by atomic mass is 35.5. The number of hydrogen-bond acceptors (Lipinski definition) is 4. The Hall–Kier alpha value is -1.73. The van der Waals surface area contributed by atoms with Gasteiger partial charge in [-0.05, 0) is 31.0 Å². The van der Waals surface area contributed by atoms with E-state index < -0.39 is 16.8 Å². The Morgan fingerprint density at radius 2 is 2.08 bits per heavy atom. The number of fused-ring (bicyclic) bond motifs is 1. The van der Waals surface area contributed by atoms with Crippen LogP contribution in [0.5, 0.6) is 0 Å². The third-order valence-electron chi connectivity index (χ3n) is 4.59. The molecule has 1 unspecified atom stereocenters. The third kappa shape index (κ3) is 4.27. The van der Waals surface area contributed by atoms with E-state index >= 15 is 0 Å². The van der Waals surface area contributed by atoms with E-state index in [0.717, 1.165) is 17.7 Å². The minimum Gasteiger partial charge on any atom is -0.481 e. The molecule has 3 rings (SSSR count). The molecule has 6 nitrogen and oxygen atoms in total. The van der Waals surface area contributed by atoms with E-state index in [1.807, 2.05) is 6.07 Å². The molecule has 1 aliphatic heterocycles. The van der Waals surface area contributed by atoms with Gasteiger partial charge in [-0.25, -0.2) is 0 Å². The van der Waals surface area contributed by atoms with E-state index in [2.05, 4.69) is 10.6 Å². The quantitative estimate of drug-likeness (QED) is 0.727. The average Bonchev–Trinajstić information content (AvgIpc) is 2.95. The number of rotatable bonds is 5. The monoisotopic (exact) mass is 382 g/mol. The van der Waals surface area contributed by atoms with Crippen molar-refractivity contribution in [3.8, 4) is 0 Å². The predicted molar refractivity (Wildman–Crippen MR) is 95.9 cm³/mol. The summed E-state index contributed by atoms with van der Waals surface area (Å²) in [4.78, 5) is 36.7. The number of carboxylic acid groups (broad SMARTS) is 1. The Kier molecular flexibility index (Phi) is 5.24. The number of anilines is 1. The van der Waals surface area contributed by atoms with Crippen LogP contribution in [-0.2, 0) is 14.4 Å². The average molecular weight is 383 g/mol. The summed E-state index contributed by atoms with van der Waals surface area (Å²) >= 11 is 7.25. The second-order valence-electron chi connectivity index (χ2n) is 6.55. The number of aliphatic carboxylic acids is 1. The Balaban J connectivity index is 1.65. The second kappa shape index (κ2) is 7.25. The van der Waals surface area contributed by atoms with Gasteiger partial charge in [0.1, 0.15) is 0 Å². The molecule has 3 N–H and O–H groups in total. The first kappa shape index (κ1) is 18.1. The van der Waals surface area contributed by atoms with Crippen LogP contribution in [-0.4, -0.2) is 33.7 Å². The van der Waals surface area contributed by atoms with Gasteiger partial charge in [-0.15, -0.1) is 11.8 Å². The summed E-state index contributed by atoms with van der Waals surface area (Å²) in [5.41, 5.74) is -0.0262. The number of nitrogens with one attached hydrogen (secondary N) is 2. The van der Waals surface area contributed by atoms with E-state index in [1.54, 1.807) is 12.1 Å². The normalized spacial score (nSPS) is 21.3. The smallest absolute Gasteiger partial charge is 0.305 e. The van der Waals surface area contributed by atoms with Crippen LogP contribution >= 0.6 is 23.4 Å². The molecule has 0 aromatic heterocycles. The fraction of sp³-hybridized carbons (Fsp3) is 0.471. The van der Waals surface area contributed by atoms with E-state index in [0.29, 0.717) is 23.6 Å². The van der Waals surface area contributed by atoms with E-state index in [9.17, 15) is 14.4 Å². The molecule has 1 saturated carbocycles. The van der Waals surface area contributed by atoms with Gasteiger partial charge in [-0.1, -0.05) is 24.4 Å². The molecule has 8 heteroatoms. The maximum atomic E-state index is 12.4. The van der Waals surface area contributed by atoms with Crippen molar-refractivity contribution in [3.05, 3.63) is 23.2 Å². The number of carbonyl (C=O) groups is 3. The molecule has 1 aromatic rings. The van der Waals surface area contributed by atoms with Crippen molar-refractivity contribution in [2.24, 2.45) is 0 Å². The van der Waals surface area contributed by atoms with Crippen molar-refractivity contribution >= 4 is 46.8 Å². The standard InChI is InChI=1S/C17H19ClN2O4S/c18-10-3-4-12-11(7-10)19-16(24)13(25-12)8-14(21)20-17(9-15(22)23)5-1-2-6-17/h3-4,7,13H,1-2,5-6,8-9H2,(H,19,24)(H,20,21)(H,22,23). The number of hydrogen-bond donors (Lipinski definition) is 3. The predicted octanol–water partition coefficient (Wildman–Crippen LogP) is 3.05. The van der Waals surface area contributed by atoms with Crippen LogP contribution in [0.25, 0.3) is 0 Å². The minimum atomic E-state index is -0.919. The summed E-state index contributed by atoms with van der Waals surface area (Å²) in [6.07, 6.45) is 3.07. The number of amides is 2. The second-order valence-corrected chi connectivity index (χ2v) is 8.23. The molecule has 0 radical (unpaired) electrons. The Bertz CT molecular complexity index is 719. The molecule has 25 heavy (non-hydrogen) atoms.